The van der Waals surface area contributed by atoms with Crippen LogP contribution in [0.2, 0.25) is 0 Å². The van der Waals surface area contributed by atoms with Gasteiger partial charge in [0.2, 0.25) is 0 Å². The molecular formula is C11H5BrF3NO3. The third-order valence-corrected chi connectivity index (χ3v) is 3.04. The molecule has 0 unspecified atom stereocenters. The number of hydrogen-bond donors (Lipinski definition) is 0. The van der Waals surface area contributed by atoms with E-state index in [4.69, 9.17) is 4.42 Å². The van der Waals surface area contributed by atoms with Crippen LogP contribution in [0, 0.1) is 10.1 Å². The first-order valence-corrected chi connectivity index (χ1v) is 5.69. The molecule has 0 saturated carbocycles. The van der Waals surface area contributed by atoms with Gasteiger partial charge in [-0.1, -0.05) is 15.9 Å². The zero-order chi connectivity index (χ0) is 14.2. The second-order valence-corrected chi connectivity index (χ2v) is 4.40. The Balaban J connectivity index is 2.86. The third-order valence-electron chi connectivity index (χ3n) is 2.38. The van der Waals surface area contributed by atoms with Crippen LogP contribution in [0.25, 0.3) is 11.3 Å². The summed E-state index contributed by atoms with van der Waals surface area (Å²) in [4.78, 5) is 10.0. The van der Waals surface area contributed by atoms with Gasteiger partial charge < -0.3 is 4.42 Å². The van der Waals surface area contributed by atoms with Crippen molar-refractivity contribution in [3.63, 3.8) is 0 Å². The Labute approximate surface area is 113 Å². The highest BCUT2D eigenvalue weighted by Gasteiger charge is 2.40. The van der Waals surface area contributed by atoms with Crippen molar-refractivity contribution in [2.75, 3.05) is 0 Å². The monoisotopic (exact) mass is 335 g/mol. The van der Waals surface area contributed by atoms with Gasteiger partial charge in [0, 0.05) is 10.5 Å². The fourth-order valence-electron chi connectivity index (χ4n) is 1.67. The Bertz CT molecular complexity index is 623. The van der Waals surface area contributed by atoms with E-state index in [0.29, 0.717) is 0 Å². The molecule has 100 valence electrons. The van der Waals surface area contributed by atoms with Gasteiger partial charge >= 0.3 is 6.18 Å². The maximum Gasteiger partial charge on any atom is 0.418 e. The van der Waals surface area contributed by atoms with Crippen molar-refractivity contribution in [2.45, 2.75) is 6.18 Å². The lowest BCUT2D eigenvalue weighted by molar-refractivity contribution is -0.384. The summed E-state index contributed by atoms with van der Waals surface area (Å²) in [6.07, 6.45) is -3.59. The van der Waals surface area contributed by atoms with Crippen molar-refractivity contribution >= 4 is 21.6 Å². The molecule has 0 spiro atoms. The van der Waals surface area contributed by atoms with Crippen LogP contribution in [-0.2, 0) is 6.18 Å². The van der Waals surface area contributed by atoms with Crippen LogP contribution in [0.1, 0.15) is 5.56 Å². The minimum absolute atomic E-state index is 0.208. The molecule has 0 bridgehead atoms. The summed E-state index contributed by atoms with van der Waals surface area (Å²) in [5, 5.41) is 10.9. The number of alkyl halides is 3. The molecule has 0 N–H and O–H groups in total. The van der Waals surface area contributed by atoms with Gasteiger partial charge in [-0.15, -0.1) is 0 Å². The van der Waals surface area contributed by atoms with E-state index in [1.807, 2.05) is 0 Å². The van der Waals surface area contributed by atoms with Crippen LogP contribution in [0.4, 0.5) is 18.9 Å². The van der Waals surface area contributed by atoms with E-state index in [1.54, 1.807) is 0 Å². The fourth-order valence-corrected chi connectivity index (χ4v) is 2.22. The van der Waals surface area contributed by atoms with Gasteiger partial charge in [-0.05, 0) is 18.2 Å². The molecule has 0 fully saturated rings. The summed E-state index contributed by atoms with van der Waals surface area (Å²) >= 11 is 2.77. The summed E-state index contributed by atoms with van der Waals surface area (Å²) in [6.45, 7) is 0. The number of benzene rings is 1. The predicted molar refractivity (Wildman–Crippen MR) is 63.5 cm³/mol. The smallest absolute Gasteiger partial charge is 0.418 e. The molecule has 2 aromatic rings. The van der Waals surface area contributed by atoms with Crippen LogP contribution in [-0.4, -0.2) is 4.92 Å². The van der Waals surface area contributed by atoms with E-state index in [1.165, 1.54) is 12.1 Å². The van der Waals surface area contributed by atoms with E-state index >= 15 is 0 Å². The largest absolute Gasteiger partial charge is 0.464 e. The molecule has 0 aliphatic carbocycles. The van der Waals surface area contributed by atoms with Gasteiger partial charge in [-0.25, -0.2) is 0 Å². The summed E-state index contributed by atoms with van der Waals surface area (Å²) in [5.41, 5.74) is -2.38. The second-order valence-electron chi connectivity index (χ2n) is 3.55. The molecule has 1 heterocycles. The molecule has 0 atom stereocenters. The molecule has 1 aromatic heterocycles. The van der Waals surface area contributed by atoms with Crippen LogP contribution in [0.5, 0.6) is 0 Å². The molecule has 0 saturated heterocycles. The Kier molecular flexibility index (Phi) is 3.36. The number of nitro benzene ring substituents is 1. The molecule has 8 heteroatoms. The minimum Gasteiger partial charge on any atom is -0.464 e. The molecule has 0 amide bonds. The first-order chi connectivity index (χ1) is 8.82. The zero-order valence-electron chi connectivity index (χ0n) is 9.07. The highest BCUT2D eigenvalue weighted by Crippen LogP contribution is 2.45. The Morgan fingerprint density at radius 1 is 1.26 bits per heavy atom. The van der Waals surface area contributed by atoms with E-state index in [-0.39, 0.29) is 10.2 Å². The topological polar surface area (TPSA) is 56.3 Å². The van der Waals surface area contributed by atoms with Crippen molar-refractivity contribution in [3.05, 3.63) is 50.7 Å². The summed E-state index contributed by atoms with van der Waals surface area (Å²) < 4.78 is 43.7. The quantitative estimate of drug-likeness (QED) is 0.593. The van der Waals surface area contributed by atoms with E-state index in [0.717, 1.165) is 18.4 Å². The number of hydrogen-bond acceptors (Lipinski definition) is 3. The van der Waals surface area contributed by atoms with Gasteiger partial charge in [0.05, 0.1) is 16.7 Å². The third kappa shape index (κ3) is 2.48. The zero-order valence-corrected chi connectivity index (χ0v) is 10.7. The van der Waals surface area contributed by atoms with E-state index in [9.17, 15) is 23.3 Å². The van der Waals surface area contributed by atoms with Crippen molar-refractivity contribution in [1.82, 2.24) is 0 Å². The van der Waals surface area contributed by atoms with Gasteiger partial charge in [0.1, 0.15) is 11.3 Å². The standard InChI is InChI=1S/C11H5BrF3NO3/c12-6-3-4-7(16(17)18)9(8-2-1-5-19-8)10(6)11(13,14)15/h1-5H. The molecule has 19 heavy (non-hydrogen) atoms. The summed E-state index contributed by atoms with van der Waals surface area (Å²) in [5.74, 6) is -0.208. The lowest BCUT2D eigenvalue weighted by Gasteiger charge is -2.13. The van der Waals surface area contributed by atoms with Crippen molar-refractivity contribution in [2.24, 2.45) is 0 Å². The summed E-state index contributed by atoms with van der Waals surface area (Å²) in [6, 6.07) is 4.59. The average molecular weight is 336 g/mol. The SMILES string of the molecule is O=[N+]([O-])c1ccc(Br)c(C(F)(F)F)c1-c1ccco1. The first kappa shape index (κ1) is 13.6. The van der Waals surface area contributed by atoms with E-state index in [2.05, 4.69) is 15.9 Å². The van der Waals surface area contributed by atoms with Gasteiger partial charge in [-0.2, -0.15) is 13.2 Å². The van der Waals surface area contributed by atoms with E-state index < -0.39 is 27.9 Å². The van der Waals surface area contributed by atoms with Crippen molar-refractivity contribution in [1.29, 1.82) is 0 Å². The maximum absolute atomic E-state index is 13.1. The van der Waals surface area contributed by atoms with Gasteiger partial charge in [-0.3, -0.25) is 10.1 Å². The fraction of sp³-hybridized carbons (Fsp3) is 0.0909. The Morgan fingerprint density at radius 2 is 1.95 bits per heavy atom. The number of nitro groups is 1. The number of halogens is 4. The minimum atomic E-state index is -4.74. The second kappa shape index (κ2) is 4.69. The van der Waals surface area contributed by atoms with Crippen molar-refractivity contribution in [3.8, 4) is 11.3 Å². The van der Waals surface area contributed by atoms with Crippen molar-refractivity contribution < 1.29 is 22.5 Å². The average Bonchev–Trinajstić information content (AvgIpc) is 2.79. The number of furan rings is 1. The molecule has 2 rings (SSSR count). The molecule has 0 aliphatic rings. The normalized spacial score (nSPS) is 11.6. The van der Waals surface area contributed by atoms with Crippen LogP contribution >= 0.6 is 15.9 Å². The predicted octanol–water partition coefficient (Wildman–Crippen LogP) is 4.64. The first-order valence-electron chi connectivity index (χ1n) is 4.90. The lowest BCUT2D eigenvalue weighted by Crippen LogP contribution is -2.10. The van der Waals surface area contributed by atoms with Crippen LogP contribution < -0.4 is 0 Å². The van der Waals surface area contributed by atoms with Gasteiger partial charge in [0.25, 0.3) is 5.69 Å². The molecule has 4 nitrogen and oxygen atoms in total. The number of nitrogens with zero attached hydrogens (tertiary/aromatic N) is 1. The summed E-state index contributed by atoms with van der Waals surface area (Å²) in [7, 11) is 0. The highest BCUT2D eigenvalue weighted by molar-refractivity contribution is 9.10. The lowest BCUT2D eigenvalue weighted by atomic mass is 10.0. The maximum atomic E-state index is 13.1. The van der Waals surface area contributed by atoms with Crippen LogP contribution in [0.15, 0.2) is 39.4 Å². The molecule has 0 radical (unpaired) electrons. The molecule has 0 aliphatic heterocycles. The molecule has 1 aromatic carbocycles. The highest BCUT2D eigenvalue weighted by atomic mass is 79.9. The Hall–Kier alpha value is -1.83. The molecular weight excluding hydrogens is 331 g/mol. The number of rotatable bonds is 2. The van der Waals surface area contributed by atoms with Gasteiger partial charge in [0.15, 0.2) is 0 Å². The Morgan fingerprint density at radius 3 is 2.42 bits per heavy atom. The van der Waals surface area contributed by atoms with Crippen LogP contribution in [0.3, 0.4) is 0 Å².